The molecule has 1 N–H and O–H groups in total. The molecule has 2 aromatic rings. The van der Waals surface area contributed by atoms with Gasteiger partial charge in [0.1, 0.15) is 5.75 Å². The molecule has 1 amide bonds. The summed E-state index contributed by atoms with van der Waals surface area (Å²) in [5.74, 6) is 0.632. The standard InChI is InChI=1S/C16H18N2O3/c1-18-11-13(5-8-15(18)19)16(20)17-10-9-12-3-6-14(21-2)7-4-12/h3-8,11H,9-10H2,1-2H3,(H,17,20). The van der Waals surface area contributed by atoms with Crippen LogP contribution in [0.15, 0.2) is 47.4 Å². The summed E-state index contributed by atoms with van der Waals surface area (Å²) >= 11 is 0. The number of methoxy groups -OCH3 is 1. The van der Waals surface area contributed by atoms with Crippen LogP contribution < -0.4 is 15.6 Å². The number of pyridine rings is 1. The topological polar surface area (TPSA) is 60.3 Å². The zero-order valence-electron chi connectivity index (χ0n) is 12.1. The highest BCUT2D eigenvalue weighted by Gasteiger charge is 2.05. The SMILES string of the molecule is COc1ccc(CCNC(=O)c2ccc(=O)n(C)c2)cc1. The van der Waals surface area contributed by atoms with E-state index in [0.717, 1.165) is 17.7 Å². The van der Waals surface area contributed by atoms with E-state index < -0.39 is 0 Å². The fourth-order valence-electron chi connectivity index (χ4n) is 1.94. The summed E-state index contributed by atoms with van der Waals surface area (Å²) < 4.78 is 6.48. The van der Waals surface area contributed by atoms with Gasteiger partial charge in [-0.25, -0.2) is 0 Å². The summed E-state index contributed by atoms with van der Waals surface area (Å²) in [6.07, 6.45) is 2.27. The van der Waals surface area contributed by atoms with Crippen molar-refractivity contribution in [1.29, 1.82) is 0 Å². The number of nitrogens with one attached hydrogen (secondary N) is 1. The van der Waals surface area contributed by atoms with Crippen LogP contribution in [0.1, 0.15) is 15.9 Å². The molecular formula is C16H18N2O3. The Morgan fingerprint density at radius 1 is 1.19 bits per heavy atom. The molecule has 1 aromatic heterocycles. The number of aromatic nitrogens is 1. The minimum atomic E-state index is -0.181. The molecule has 0 aliphatic carbocycles. The fraction of sp³-hybridized carbons (Fsp3) is 0.250. The van der Waals surface area contributed by atoms with Gasteiger partial charge >= 0.3 is 0 Å². The summed E-state index contributed by atoms with van der Waals surface area (Å²) in [5, 5.41) is 2.84. The number of ether oxygens (including phenoxy) is 1. The van der Waals surface area contributed by atoms with Crippen molar-refractivity contribution in [2.24, 2.45) is 7.05 Å². The van der Waals surface area contributed by atoms with Crippen LogP contribution in [0.4, 0.5) is 0 Å². The second-order valence-corrected chi connectivity index (χ2v) is 4.72. The normalized spacial score (nSPS) is 10.2. The van der Waals surface area contributed by atoms with Gasteiger partial charge in [-0.2, -0.15) is 0 Å². The molecule has 2 rings (SSSR count). The lowest BCUT2D eigenvalue weighted by molar-refractivity contribution is 0.0953. The molecule has 0 aliphatic heterocycles. The van der Waals surface area contributed by atoms with Gasteiger partial charge in [-0.05, 0) is 30.2 Å². The molecule has 0 radical (unpaired) electrons. The average molecular weight is 286 g/mol. The largest absolute Gasteiger partial charge is 0.497 e. The smallest absolute Gasteiger partial charge is 0.252 e. The van der Waals surface area contributed by atoms with E-state index in [0.29, 0.717) is 12.1 Å². The van der Waals surface area contributed by atoms with E-state index in [1.807, 2.05) is 24.3 Å². The molecule has 0 aliphatic rings. The molecule has 1 heterocycles. The number of nitrogens with zero attached hydrogens (tertiary/aromatic N) is 1. The number of rotatable bonds is 5. The van der Waals surface area contributed by atoms with Crippen molar-refractivity contribution in [3.05, 3.63) is 64.1 Å². The highest BCUT2D eigenvalue weighted by atomic mass is 16.5. The summed E-state index contributed by atoms with van der Waals surface area (Å²) in [6.45, 7) is 0.536. The van der Waals surface area contributed by atoms with Crippen molar-refractivity contribution in [2.75, 3.05) is 13.7 Å². The number of aryl methyl sites for hydroxylation is 1. The lowest BCUT2D eigenvalue weighted by Crippen LogP contribution is -2.27. The van der Waals surface area contributed by atoms with Crippen molar-refractivity contribution in [3.8, 4) is 5.75 Å². The van der Waals surface area contributed by atoms with E-state index in [-0.39, 0.29) is 11.5 Å². The number of benzene rings is 1. The average Bonchev–Trinajstić information content (AvgIpc) is 2.50. The Balaban J connectivity index is 1.88. The molecule has 0 saturated carbocycles. The Bertz CT molecular complexity index is 675. The van der Waals surface area contributed by atoms with Crippen LogP contribution in [-0.4, -0.2) is 24.1 Å². The second-order valence-electron chi connectivity index (χ2n) is 4.72. The van der Waals surface area contributed by atoms with Gasteiger partial charge in [0.25, 0.3) is 5.91 Å². The molecule has 0 saturated heterocycles. The van der Waals surface area contributed by atoms with Gasteiger partial charge in [0.2, 0.25) is 5.56 Å². The minimum Gasteiger partial charge on any atom is -0.497 e. The number of carbonyl (C=O) groups excluding carboxylic acids is 1. The van der Waals surface area contributed by atoms with Gasteiger partial charge in [-0.15, -0.1) is 0 Å². The maximum absolute atomic E-state index is 12.0. The predicted molar refractivity (Wildman–Crippen MR) is 80.7 cm³/mol. The third-order valence-electron chi connectivity index (χ3n) is 3.21. The second kappa shape index (κ2) is 6.74. The van der Waals surface area contributed by atoms with E-state index in [1.165, 1.54) is 22.9 Å². The fourth-order valence-corrected chi connectivity index (χ4v) is 1.94. The van der Waals surface area contributed by atoms with Gasteiger partial charge in [-0.3, -0.25) is 9.59 Å². The molecule has 0 fully saturated rings. The number of carbonyl (C=O) groups is 1. The lowest BCUT2D eigenvalue weighted by Gasteiger charge is -2.07. The maximum atomic E-state index is 12.0. The van der Waals surface area contributed by atoms with Crippen LogP contribution >= 0.6 is 0 Å². The van der Waals surface area contributed by atoms with Crippen LogP contribution in [0, 0.1) is 0 Å². The van der Waals surface area contributed by atoms with Gasteiger partial charge in [0.05, 0.1) is 12.7 Å². The van der Waals surface area contributed by atoms with Crippen LogP contribution in [0.3, 0.4) is 0 Å². The zero-order chi connectivity index (χ0) is 15.2. The Labute approximate surface area is 123 Å². The van der Waals surface area contributed by atoms with Gasteiger partial charge in [-0.1, -0.05) is 12.1 Å². The summed E-state index contributed by atoms with van der Waals surface area (Å²) in [5.41, 5.74) is 1.47. The summed E-state index contributed by atoms with van der Waals surface area (Å²) in [6, 6.07) is 10.6. The molecule has 110 valence electrons. The summed E-state index contributed by atoms with van der Waals surface area (Å²) in [4.78, 5) is 23.2. The molecule has 5 nitrogen and oxygen atoms in total. The Morgan fingerprint density at radius 3 is 2.52 bits per heavy atom. The van der Waals surface area contributed by atoms with Crippen LogP contribution in [-0.2, 0) is 13.5 Å². The Kier molecular flexibility index (Phi) is 4.77. The third kappa shape index (κ3) is 3.95. The van der Waals surface area contributed by atoms with Crippen molar-refractivity contribution in [3.63, 3.8) is 0 Å². The molecule has 0 spiro atoms. The van der Waals surface area contributed by atoms with Gasteiger partial charge < -0.3 is 14.6 Å². The zero-order valence-corrected chi connectivity index (χ0v) is 12.1. The Hall–Kier alpha value is -2.56. The maximum Gasteiger partial charge on any atom is 0.252 e. The van der Waals surface area contributed by atoms with E-state index >= 15 is 0 Å². The highest BCUT2D eigenvalue weighted by Crippen LogP contribution is 2.11. The number of amides is 1. The van der Waals surface area contributed by atoms with Crippen molar-refractivity contribution in [1.82, 2.24) is 9.88 Å². The Morgan fingerprint density at radius 2 is 1.90 bits per heavy atom. The van der Waals surface area contributed by atoms with Gasteiger partial charge in [0, 0.05) is 25.9 Å². The van der Waals surface area contributed by atoms with E-state index in [1.54, 1.807) is 14.2 Å². The first-order valence-electron chi connectivity index (χ1n) is 6.68. The third-order valence-corrected chi connectivity index (χ3v) is 3.21. The predicted octanol–water partition coefficient (Wildman–Crippen LogP) is 1.37. The molecule has 0 atom stereocenters. The lowest BCUT2D eigenvalue weighted by atomic mass is 10.1. The molecule has 0 unspecified atom stereocenters. The first-order chi connectivity index (χ1) is 10.1. The molecule has 1 aromatic carbocycles. The van der Waals surface area contributed by atoms with Crippen molar-refractivity contribution >= 4 is 5.91 Å². The quantitative estimate of drug-likeness (QED) is 0.903. The molecule has 21 heavy (non-hydrogen) atoms. The van der Waals surface area contributed by atoms with E-state index in [4.69, 9.17) is 4.74 Å². The van der Waals surface area contributed by atoms with Gasteiger partial charge in [0.15, 0.2) is 0 Å². The highest BCUT2D eigenvalue weighted by molar-refractivity contribution is 5.93. The van der Waals surface area contributed by atoms with Crippen molar-refractivity contribution in [2.45, 2.75) is 6.42 Å². The van der Waals surface area contributed by atoms with E-state index in [9.17, 15) is 9.59 Å². The summed E-state index contributed by atoms with van der Waals surface area (Å²) in [7, 11) is 3.25. The first-order valence-corrected chi connectivity index (χ1v) is 6.68. The number of hydrogen-bond donors (Lipinski definition) is 1. The molecule has 0 bridgehead atoms. The van der Waals surface area contributed by atoms with Crippen LogP contribution in [0.5, 0.6) is 5.75 Å². The monoisotopic (exact) mass is 286 g/mol. The van der Waals surface area contributed by atoms with Crippen LogP contribution in [0.25, 0.3) is 0 Å². The first kappa shape index (κ1) is 14.8. The minimum absolute atomic E-state index is 0.134. The molecule has 5 heteroatoms. The van der Waals surface area contributed by atoms with Crippen LogP contribution in [0.2, 0.25) is 0 Å². The number of hydrogen-bond acceptors (Lipinski definition) is 3. The van der Waals surface area contributed by atoms with Crippen molar-refractivity contribution < 1.29 is 9.53 Å². The molecular weight excluding hydrogens is 268 g/mol. The van der Waals surface area contributed by atoms with E-state index in [2.05, 4.69) is 5.32 Å².